The molecule has 1 aliphatic heterocycles. The maximum atomic E-state index is 12.5. The van der Waals surface area contributed by atoms with Crippen molar-refractivity contribution in [1.82, 2.24) is 4.90 Å². The maximum Gasteiger partial charge on any atom is 0.338 e. The number of carboxylic acid groups (broad SMARTS) is 1. The number of non-ortho nitro benzene ring substituents is 1. The second-order valence-corrected chi connectivity index (χ2v) is 6.89. The molecule has 2 aromatic carbocycles. The summed E-state index contributed by atoms with van der Waals surface area (Å²) in [7, 11) is 1.43. The van der Waals surface area contributed by atoms with E-state index >= 15 is 0 Å². The molecule has 0 radical (unpaired) electrons. The number of aromatic carboxylic acids is 1. The maximum absolute atomic E-state index is 12.5. The number of hydrogen-bond acceptors (Lipinski definition) is 8. The summed E-state index contributed by atoms with van der Waals surface area (Å²) in [6, 6.07) is 7.04. The lowest BCUT2D eigenvalue weighted by Crippen LogP contribution is -2.23. The number of rotatable bonds is 4. The van der Waals surface area contributed by atoms with Crippen molar-refractivity contribution in [2.75, 3.05) is 7.05 Å². The number of amides is 1. The highest BCUT2D eigenvalue weighted by Crippen LogP contribution is 2.36. The van der Waals surface area contributed by atoms with E-state index in [-0.39, 0.29) is 44.1 Å². The van der Waals surface area contributed by atoms with Gasteiger partial charge in [0.05, 0.1) is 21.1 Å². The highest BCUT2D eigenvalue weighted by atomic mass is 32.2. The molecule has 11 heteroatoms. The third-order valence-electron chi connectivity index (χ3n) is 3.94. The standard InChI is InChI=1S/C18H13N3O7S/c1-20-16(24)15(7-9-6-10(21(27)28)2-5-14(9)23)29-18(20)19-13-4-3-11(22)8-12(13)17(25)26/h2-8,22-23H,1H3,(H,25,26)/b15-7-,19-18?. The molecule has 1 fully saturated rings. The van der Waals surface area contributed by atoms with Crippen LogP contribution in [-0.4, -0.2) is 49.2 Å². The van der Waals surface area contributed by atoms with E-state index in [2.05, 4.69) is 4.99 Å². The molecule has 0 saturated carbocycles. The first kappa shape index (κ1) is 19.9. The Morgan fingerprint density at radius 3 is 2.62 bits per heavy atom. The Morgan fingerprint density at radius 2 is 1.97 bits per heavy atom. The van der Waals surface area contributed by atoms with E-state index in [4.69, 9.17) is 0 Å². The molecule has 0 aromatic heterocycles. The van der Waals surface area contributed by atoms with E-state index in [1.807, 2.05) is 0 Å². The Balaban J connectivity index is 2.00. The highest BCUT2D eigenvalue weighted by molar-refractivity contribution is 8.18. The third-order valence-corrected chi connectivity index (χ3v) is 5.00. The zero-order valence-corrected chi connectivity index (χ0v) is 15.6. The normalized spacial score (nSPS) is 16.6. The number of benzene rings is 2. The van der Waals surface area contributed by atoms with Gasteiger partial charge in [-0.3, -0.25) is 19.8 Å². The van der Waals surface area contributed by atoms with Gasteiger partial charge < -0.3 is 15.3 Å². The molecule has 1 saturated heterocycles. The molecular weight excluding hydrogens is 402 g/mol. The Morgan fingerprint density at radius 1 is 1.24 bits per heavy atom. The number of carbonyl (C=O) groups excluding carboxylic acids is 1. The summed E-state index contributed by atoms with van der Waals surface area (Å²) in [6.45, 7) is 0. The average Bonchev–Trinajstić information content (AvgIpc) is 2.92. The smallest absolute Gasteiger partial charge is 0.338 e. The lowest BCUT2D eigenvalue weighted by Gasteiger charge is -2.08. The number of nitrogens with zero attached hydrogens (tertiary/aromatic N) is 3. The summed E-state index contributed by atoms with van der Waals surface area (Å²) in [5, 5.41) is 39.8. The van der Waals surface area contributed by atoms with E-state index < -0.39 is 16.8 Å². The predicted octanol–water partition coefficient (Wildman–Crippen LogP) is 2.94. The molecule has 0 aliphatic carbocycles. The van der Waals surface area contributed by atoms with Gasteiger partial charge in [0.1, 0.15) is 11.5 Å². The lowest BCUT2D eigenvalue weighted by atomic mass is 10.1. The molecule has 3 rings (SSSR count). The summed E-state index contributed by atoms with van der Waals surface area (Å²) in [4.78, 5) is 39.7. The van der Waals surface area contributed by atoms with E-state index in [1.54, 1.807) is 0 Å². The monoisotopic (exact) mass is 415 g/mol. The number of carbonyl (C=O) groups is 2. The van der Waals surface area contributed by atoms with Gasteiger partial charge in [-0.25, -0.2) is 9.79 Å². The number of nitro benzene ring substituents is 1. The number of hydrogen-bond donors (Lipinski definition) is 3. The Bertz CT molecular complexity index is 1110. The van der Waals surface area contributed by atoms with Crippen LogP contribution in [0.2, 0.25) is 0 Å². The number of aliphatic imine (C=N–C) groups is 1. The average molecular weight is 415 g/mol. The molecule has 29 heavy (non-hydrogen) atoms. The van der Waals surface area contributed by atoms with Crippen molar-refractivity contribution in [1.29, 1.82) is 0 Å². The number of phenols is 2. The summed E-state index contributed by atoms with van der Waals surface area (Å²) in [6.07, 6.45) is 1.29. The molecule has 1 heterocycles. The minimum atomic E-state index is -1.30. The van der Waals surface area contributed by atoms with Crippen LogP contribution in [-0.2, 0) is 4.79 Å². The van der Waals surface area contributed by atoms with Gasteiger partial charge in [0, 0.05) is 24.7 Å². The van der Waals surface area contributed by atoms with Gasteiger partial charge in [-0.05, 0) is 42.1 Å². The Labute approximate surface area is 167 Å². The van der Waals surface area contributed by atoms with Crippen molar-refractivity contribution in [2.24, 2.45) is 4.99 Å². The first-order chi connectivity index (χ1) is 13.7. The number of nitro groups is 1. The first-order valence-corrected chi connectivity index (χ1v) is 8.79. The fourth-order valence-corrected chi connectivity index (χ4v) is 3.43. The van der Waals surface area contributed by atoms with Crippen LogP contribution < -0.4 is 0 Å². The molecule has 2 aromatic rings. The molecule has 3 N–H and O–H groups in total. The van der Waals surface area contributed by atoms with Gasteiger partial charge in [-0.2, -0.15) is 0 Å². The predicted molar refractivity (Wildman–Crippen MR) is 105 cm³/mol. The quantitative estimate of drug-likeness (QED) is 0.391. The van der Waals surface area contributed by atoms with Gasteiger partial charge in [0.15, 0.2) is 5.17 Å². The number of phenolic OH excluding ortho intramolecular Hbond substituents is 2. The minimum absolute atomic E-state index is 0.0388. The van der Waals surface area contributed by atoms with E-state index in [0.717, 1.165) is 36.0 Å². The number of carboxylic acids is 1. The molecule has 1 amide bonds. The molecule has 0 bridgehead atoms. The van der Waals surface area contributed by atoms with Crippen LogP contribution in [0.1, 0.15) is 15.9 Å². The van der Waals surface area contributed by atoms with Crippen LogP contribution >= 0.6 is 11.8 Å². The number of aromatic hydroxyl groups is 2. The van der Waals surface area contributed by atoms with Gasteiger partial charge in [-0.15, -0.1) is 0 Å². The highest BCUT2D eigenvalue weighted by Gasteiger charge is 2.31. The second kappa shape index (κ2) is 7.64. The van der Waals surface area contributed by atoms with Crippen LogP contribution in [0, 0.1) is 10.1 Å². The van der Waals surface area contributed by atoms with Crippen LogP contribution in [0.5, 0.6) is 11.5 Å². The molecule has 0 spiro atoms. The zero-order valence-electron chi connectivity index (χ0n) is 14.8. The number of thioether (sulfide) groups is 1. The zero-order chi connectivity index (χ0) is 21.3. The molecule has 0 unspecified atom stereocenters. The van der Waals surface area contributed by atoms with Crippen LogP contribution in [0.3, 0.4) is 0 Å². The van der Waals surface area contributed by atoms with Crippen molar-refractivity contribution in [3.05, 3.63) is 62.5 Å². The van der Waals surface area contributed by atoms with Crippen LogP contribution in [0.15, 0.2) is 46.3 Å². The minimum Gasteiger partial charge on any atom is -0.508 e. The van der Waals surface area contributed by atoms with Crippen LogP contribution in [0.4, 0.5) is 11.4 Å². The SMILES string of the molecule is CN1C(=O)/C(=C/c2cc([N+](=O)[O-])ccc2O)SC1=Nc1ccc(O)cc1C(=O)O. The number of amidine groups is 1. The summed E-state index contributed by atoms with van der Waals surface area (Å²) in [5.74, 6) is -2.25. The fourth-order valence-electron chi connectivity index (χ4n) is 2.46. The van der Waals surface area contributed by atoms with Crippen molar-refractivity contribution in [3.63, 3.8) is 0 Å². The molecular formula is C18H13N3O7S. The van der Waals surface area contributed by atoms with E-state index in [1.165, 1.54) is 30.2 Å². The summed E-state index contributed by atoms with van der Waals surface area (Å²) < 4.78 is 0. The Kier molecular flexibility index (Phi) is 5.24. The van der Waals surface area contributed by atoms with Crippen molar-refractivity contribution in [3.8, 4) is 11.5 Å². The van der Waals surface area contributed by atoms with Gasteiger partial charge in [0.2, 0.25) is 0 Å². The van der Waals surface area contributed by atoms with Gasteiger partial charge in [-0.1, -0.05) is 0 Å². The second-order valence-electron chi connectivity index (χ2n) is 5.88. The summed E-state index contributed by atoms with van der Waals surface area (Å²) >= 11 is 0.915. The molecule has 148 valence electrons. The third kappa shape index (κ3) is 4.04. The Hall–Kier alpha value is -3.86. The topological polar surface area (TPSA) is 154 Å². The first-order valence-electron chi connectivity index (χ1n) is 7.97. The van der Waals surface area contributed by atoms with Crippen molar-refractivity contribution < 1.29 is 29.8 Å². The van der Waals surface area contributed by atoms with Crippen LogP contribution in [0.25, 0.3) is 6.08 Å². The van der Waals surface area contributed by atoms with Crippen molar-refractivity contribution >= 4 is 46.3 Å². The van der Waals surface area contributed by atoms with Gasteiger partial charge in [0.25, 0.3) is 11.6 Å². The molecule has 0 atom stereocenters. The van der Waals surface area contributed by atoms with E-state index in [0.29, 0.717) is 0 Å². The largest absolute Gasteiger partial charge is 0.508 e. The lowest BCUT2D eigenvalue weighted by molar-refractivity contribution is -0.384. The number of likely N-dealkylation sites (N-methyl/N-ethyl adjacent to an activating group) is 1. The van der Waals surface area contributed by atoms with Gasteiger partial charge >= 0.3 is 5.97 Å². The van der Waals surface area contributed by atoms with Crippen molar-refractivity contribution in [2.45, 2.75) is 0 Å². The molecule has 10 nitrogen and oxygen atoms in total. The molecule has 1 aliphatic rings. The fraction of sp³-hybridized carbons (Fsp3) is 0.0556. The van der Waals surface area contributed by atoms with E-state index in [9.17, 15) is 35.0 Å². The summed E-state index contributed by atoms with van der Waals surface area (Å²) in [5.41, 5.74) is -0.368.